The van der Waals surface area contributed by atoms with E-state index in [9.17, 15) is 19.2 Å². The highest BCUT2D eigenvalue weighted by atomic mass is 17.2. The first-order chi connectivity index (χ1) is 20.8. The Morgan fingerprint density at radius 3 is 0.907 bits per heavy atom. The fourth-order valence-corrected chi connectivity index (χ4v) is 2.71. The fourth-order valence-electron chi connectivity index (χ4n) is 2.71. The molecule has 0 radical (unpaired) electrons. The SMILES string of the molecule is O=C(O)c1ccccc1.O=C(O)c1ccccc1.O=C(OOC(=O)c1ccccc1)c1ccccc1.OCCOCCO. The topological polar surface area (TPSA) is 177 Å². The summed E-state index contributed by atoms with van der Waals surface area (Å²) in [6, 6.07) is 33.2. The maximum absolute atomic E-state index is 11.5. The lowest BCUT2D eigenvalue weighted by molar-refractivity contribution is -0.187. The molecule has 4 aromatic rings. The summed E-state index contributed by atoms with van der Waals surface area (Å²) < 4.78 is 4.63. The standard InChI is InChI=1S/C14H10O4.2C7H6O2.C4H10O3/c15-13(11-7-3-1-4-8-11)17-18-14(16)12-9-5-2-6-10-12;2*8-7(9)6-4-2-1-3-5-6;5-1-3-7-4-2-6/h1-10H;2*1-5H,(H,8,9);5-6H,1-4H2. The van der Waals surface area contributed by atoms with Crippen molar-refractivity contribution in [1.29, 1.82) is 0 Å². The predicted molar refractivity (Wildman–Crippen MR) is 156 cm³/mol. The molecule has 0 unspecified atom stereocenters. The Balaban J connectivity index is 0.000000313. The number of carbonyl (C=O) groups is 4. The molecule has 0 spiro atoms. The van der Waals surface area contributed by atoms with Gasteiger partial charge in [0.25, 0.3) is 0 Å². The molecule has 0 fully saturated rings. The number of aromatic carboxylic acids is 2. The Morgan fingerprint density at radius 2 is 0.698 bits per heavy atom. The molecule has 11 nitrogen and oxygen atoms in total. The Morgan fingerprint density at radius 1 is 0.442 bits per heavy atom. The number of aliphatic hydroxyl groups is 2. The second kappa shape index (κ2) is 22.3. The fraction of sp³-hybridized carbons (Fsp3) is 0.125. The van der Waals surface area contributed by atoms with Crippen molar-refractivity contribution in [3.63, 3.8) is 0 Å². The number of carboxylic acids is 2. The summed E-state index contributed by atoms with van der Waals surface area (Å²) in [7, 11) is 0. The Hall–Kier alpha value is -5.36. The molecule has 0 aliphatic carbocycles. The monoisotopic (exact) mass is 592 g/mol. The van der Waals surface area contributed by atoms with Gasteiger partial charge in [-0.05, 0) is 48.5 Å². The van der Waals surface area contributed by atoms with Gasteiger partial charge >= 0.3 is 23.9 Å². The molecule has 4 aromatic carbocycles. The smallest absolute Gasteiger partial charge is 0.386 e. The van der Waals surface area contributed by atoms with Crippen LogP contribution in [-0.4, -0.2) is 70.7 Å². The first-order valence-electron chi connectivity index (χ1n) is 12.7. The summed E-state index contributed by atoms with van der Waals surface area (Å²) >= 11 is 0. The van der Waals surface area contributed by atoms with E-state index in [1.54, 1.807) is 121 Å². The van der Waals surface area contributed by atoms with E-state index in [1.807, 2.05) is 0 Å². The zero-order valence-electron chi connectivity index (χ0n) is 23.0. The van der Waals surface area contributed by atoms with Crippen molar-refractivity contribution in [2.45, 2.75) is 0 Å². The normalized spacial score (nSPS) is 9.26. The van der Waals surface area contributed by atoms with Crippen molar-refractivity contribution in [3.05, 3.63) is 144 Å². The van der Waals surface area contributed by atoms with Crippen molar-refractivity contribution in [2.24, 2.45) is 0 Å². The third-order valence-electron chi connectivity index (χ3n) is 4.72. The number of aliphatic hydroxyl groups excluding tert-OH is 2. The van der Waals surface area contributed by atoms with Gasteiger partial charge in [0, 0.05) is 0 Å². The molecule has 4 rings (SSSR count). The van der Waals surface area contributed by atoms with Gasteiger partial charge in [-0.2, -0.15) is 0 Å². The third kappa shape index (κ3) is 16.5. The molecular formula is C32H32O11. The van der Waals surface area contributed by atoms with Gasteiger partial charge in [-0.25, -0.2) is 29.0 Å². The number of carbonyl (C=O) groups excluding carboxylic acids is 2. The van der Waals surface area contributed by atoms with Crippen molar-refractivity contribution in [1.82, 2.24) is 0 Å². The minimum Gasteiger partial charge on any atom is -0.478 e. The zero-order chi connectivity index (χ0) is 31.7. The average molecular weight is 593 g/mol. The minimum atomic E-state index is -0.879. The number of benzene rings is 4. The molecule has 4 N–H and O–H groups in total. The number of rotatable bonds is 8. The Labute approximate surface area is 248 Å². The molecule has 0 atom stereocenters. The third-order valence-corrected chi connectivity index (χ3v) is 4.72. The number of hydrogen-bond donors (Lipinski definition) is 4. The van der Waals surface area contributed by atoms with Crippen LogP contribution in [0.4, 0.5) is 0 Å². The van der Waals surface area contributed by atoms with E-state index in [4.69, 9.17) is 20.4 Å². The summed E-state index contributed by atoms with van der Waals surface area (Å²) in [4.78, 5) is 52.3. The highest BCUT2D eigenvalue weighted by Crippen LogP contribution is 2.05. The van der Waals surface area contributed by atoms with Gasteiger partial charge in [-0.3, -0.25) is 0 Å². The second-order valence-electron chi connectivity index (χ2n) is 7.88. The van der Waals surface area contributed by atoms with Crippen LogP contribution in [0.15, 0.2) is 121 Å². The summed E-state index contributed by atoms with van der Waals surface area (Å²) in [6.07, 6.45) is 0. The van der Waals surface area contributed by atoms with Gasteiger partial charge < -0.3 is 25.2 Å². The van der Waals surface area contributed by atoms with Crippen LogP contribution < -0.4 is 0 Å². The lowest BCUT2D eigenvalue weighted by atomic mass is 10.2. The van der Waals surface area contributed by atoms with Crippen LogP contribution in [0.2, 0.25) is 0 Å². The number of ether oxygens (including phenoxy) is 1. The van der Waals surface area contributed by atoms with Crippen LogP contribution in [-0.2, 0) is 14.5 Å². The van der Waals surface area contributed by atoms with Gasteiger partial charge in [0.2, 0.25) is 0 Å². The maximum atomic E-state index is 11.5. The number of hydrogen-bond acceptors (Lipinski definition) is 9. The van der Waals surface area contributed by atoms with E-state index >= 15 is 0 Å². The molecule has 0 aliphatic rings. The molecule has 11 heteroatoms. The first kappa shape index (κ1) is 35.7. The van der Waals surface area contributed by atoms with E-state index in [0.717, 1.165) is 0 Å². The van der Waals surface area contributed by atoms with Gasteiger partial charge in [-0.1, -0.05) is 72.8 Å². The van der Waals surface area contributed by atoms with Gasteiger partial charge in [0.05, 0.1) is 48.7 Å². The van der Waals surface area contributed by atoms with Crippen LogP contribution in [0.1, 0.15) is 41.4 Å². The average Bonchev–Trinajstić information content (AvgIpc) is 3.06. The molecule has 0 aromatic heterocycles. The van der Waals surface area contributed by atoms with Crippen molar-refractivity contribution >= 4 is 23.9 Å². The largest absolute Gasteiger partial charge is 0.478 e. The highest BCUT2D eigenvalue weighted by Gasteiger charge is 2.13. The lowest BCUT2D eigenvalue weighted by Crippen LogP contribution is -2.11. The van der Waals surface area contributed by atoms with Crippen molar-refractivity contribution in [2.75, 3.05) is 26.4 Å². The van der Waals surface area contributed by atoms with Crippen LogP contribution >= 0.6 is 0 Å². The predicted octanol–water partition coefficient (Wildman–Crippen LogP) is 4.37. The summed E-state index contributed by atoms with van der Waals surface area (Å²) in [5.74, 6) is -3.18. The molecule has 0 amide bonds. The van der Waals surface area contributed by atoms with E-state index in [1.165, 1.54) is 0 Å². The molecule has 0 heterocycles. The van der Waals surface area contributed by atoms with Gasteiger partial charge in [0.15, 0.2) is 0 Å². The second-order valence-corrected chi connectivity index (χ2v) is 7.88. The Kier molecular flexibility index (Phi) is 18.5. The van der Waals surface area contributed by atoms with E-state index in [0.29, 0.717) is 35.5 Å². The summed E-state index contributed by atoms with van der Waals surface area (Å²) in [5, 5.41) is 32.9. The quantitative estimate of drug-likeness (QED) is 0.130. The van der Waals surface area contributed by atoms with Gasteiger partial charge in [0.1, 0.15) is 0 Å². The highest BCUT2D eigenvalue weighted by molar-refractivity contribution is 5.92. The van der Waals surface area contributed by atoms with Crippen LogP contribution in [0.25, 0.3) is 0 Å². The molecular weight excluding hydrogens is 560 g/mol. The summed E-state index contributed by atoms with van der Waals surface area (Å²) in [5.41, 5.74) is 1.30. The molecule has 226 valence electrons. The van der Waals surface area contributed by atoms with Crippen LogP contribution in [0.3, 0.4) is 0 Å². The number of carboxylic acid groups (broad SMARTS) is 2. The van der Waals surface area contributed by atoms with Crippen molar-refractivity contribution in [3.8, 4) is 0 Å². The summed E-state index contributed by atoms with van der Waals surface area (Å²) in [6.45, 7) is 0.696. The molecule has 0 aliphatic heterocycles. The van der Waals surface area contributed by atoms with Crippen LogP contribution in [0, 0.1) is 0 Å². The zero-order valence-corrected chi connectivity index (χ0v) is 23.0. The Bertz CT molecular complexity index is 1230. The van der Waals surface area contributed by atoms with E-state index < -0.39 is 23.9 Å². The van der Waals surface area contributed by atoms with E-state index in [2.05, 4.69) is 14.5 Å². The first-order valence-corrected chi connectivity index (χ1v) is 12.7. The molecule has 0 saturated heterocycles. The molecule has 0 saturated carbocycles. The molecule has 43 heavy (non-hydrogen) atoms. The minimum absolute atomic E-state index is 0.0278. The lowest BCUT2D eigenvalue weighted by Gasteiger charge is -2.02. The van der Waals surface area contributed by atoms with E-state index in [-0.39, 0.29) is 13.2 Å². The van der Waals surface area contributed by atoms with Crippen LogP contribution in [0.5, 0.6) is 0 Å². The maximum Gasteiger partial charge on any atom is 0.386 e. The van der Waals surface area contributed by atoms with Crippen molar-refractivity contribution < 1.29 is 54.1 Å². The molecule has 0 bridgehead atoms. The van der Waals surface area contributed by atoms with Gasteiger partial charge in [-0.15, -0.1) is 0 Å².